The molecule has 0 aliphatic carbocycles. The molecule has 1 atom stereocenters. The molecule has 0 aromatic heterocycles. The van der Waals surface area contributed by atoms with E-state index in [9.17, 15) is 10.1 Å². The van der Waals surface area contributed by atoms with E-state index in [4.69, 9.17) is 11.6 Å². The average molecular weight is 217 g/mol. The summed E-state index contributed by atoms with van der Waals surface area (Å²) in [5.41, 5.74) is 0.523. The van der Waals surface area contributed by atoms with Gasteiger partial charge in [-0.05, 0) is 18.0 Å². The van der Waals surface area contributed by atoms with Gasteiger partial charge in [0.25, 0.3) is 5.69 Å². The molecule has 0 fully saturated rings. The highest BCUT2D eigenvalue weighted by atomic mass is 35.5. The number of alkyl halides is 1. The van der Waals surface area contributed by atoms with Gasteiger partial charge in [0.15, 0.2) is 0 Å². The lowest BCUT2D eigenvalue weighted by atomic mass is 10.2. The Morgan fingerprint density at radius 1 is 1.62 bits per heavy atom. The second kappa shape index (κ2) is 3.17. The predicted molar refractivity (Wildman–Crippen MR) is 50.7 cm³/mol. The van der Waals surface area contributed by atoms with E-state index >= 15 is 0 Å². The van der Waals surface area contributed by atoms with Crippen molar-refractivity contribution >= 4 is 29.2 Å². The Morgan fingerprint density at radius 3 is 3.08 bits per heavy atom. The smallest absolute Gasteiger partial charge is 0.258 e. The molecule has 1 aliphatic heterocycles. The Balaban J connectivity index is 2.47. The van der Waals surface area contributed by atoms with Crippen LogP contribution in [0.5, 0.6) is 0 Å². The lowest BCUT2D eigenvalue weighted by Crippen LogP contribution is -1.98. The fourth-order valence-electron chi connectivity index (χ4n) is 1.12. The molecule has 68 valence electrons. The van der Waals surface area contributed by atoms with Gasteiger partial charge in [-0.2, -0.15) is 0 Å². The first-order valence-electron chi connectivity index (χ1n) is 3.53. The molecule has 6 heteroatoms. The van der Waals surface area contributed by atoms with Crippen LogP contribution in [0.3, 0.4) is 0 Å². The minimum atomic E-state index is -0.424. The van der Waals surface area contributed by atoms with E-state index in [1.54, 1.807) is 6.07 Å². The molecule has 0 saturated heterocycles. The summed E-state index contributed by atoms with van der Waals surface area (Å²) in [7, 11) is 0. The standard InChI is InChI=1S/C7H5ClN2O2S/c8-7-5-3-4(10(11)12)1-2-6(5)13-9-7/h1-3,7,9H. The summed E-state index contributed by atoms with van der Waals surface area (Å²) in [6.45, 7) is 0. The summed E-state index contributed by atoms with van der Waals surface area (Å²) in [6, 6.07) is 4.68. The van der Waals surface area contributed by atoms with Gasteiger partial charge in [0.05, 0.1) is 4.92 Å². The fourth-order valence-corrected chi connectivity index (χ4v) is 2.29. The summed E-state index contributed by atoms with van der Waals surface area (Å²) in [4.78, 5) is 11.0. The Kier molecular flexibility index (Phi) is 2.15. The maximum absolute atomic E-state index is 10.4. The highest BCUT2D eigenvalue weighted by Crippen LogP contribution is 2.38. The van der Waals surface area contributed by atoms with Crippen molar-refractivity contribution in [2.45, 2.75) is 10.4 Å². The van der Waals surface area contributed by atoms with Crippen LogP contribution in [0.25, 0.3) is 0 Å². The number of rotatable bonds is 1. The molecule has 0 bridgehead atoms. The van der Waals surface area contributed by atoms with Crippen LogP contribution in [0.2, 0.25) is 0 Å². The molecular weight excluding hydrogens is 212 g/mol. The molecule has 1 aliphatic rings. The highest BCUT2D eigenvalue weighted by Gasteiger charge is 2.22. The third-order valence-electron chi connectivity index (χ3n) is 1.75. The third-order valence-corrected chi connectivity index (χ3v) is 3.17. The second-order valence-electron chi connectivity index (χ2n) is 2.56. The molecular formula is C7H5ClN2O2S. The zero-order valence-electron chi connectivity index (χ0n) is 6.36. The second-order valence-corrected chi connectivity index (χ2v) is 3.88. The molecule has 1 heterocycles. The van der Waals surface area contributed by atoms with Crippen molar-refractivity contribution in [1.82, 2.24) is 4.72 Å². The number of nitro groups is 1. The number of nitro benzene ring substituents is 1. The first kappa shape index (κ1) is 8.80. The van der Waals surface area contributed by atoms with Crippen LogP contribution in [-0.2, 0) is 0 Å². The topological polar surface area (TPSA) is 55.2 Å². The Hall–Kier alpha value is -0.780. The minimum Gasteiger partial charge on any atom is -0.258 e. The van der Waals surface area contributed by atoms with E-state index in [0.29, 0.717) is 0 Å². The number of benzene rings is 1. The Labute approximate surface area is 83.6 Å². The van der Waals surface area contributed by atoms with Crippen LogP contribution < -0.4 is 4.72 Å². The average Bonchev–Trinajstić information content (AvgIpc) is 2.47. The molecule has 0 spiro atoms. The highest BCUT2D eigenvalue weighted by molar-refractivity contribution is 7.97. The van der Waals surface area contributed by atoms with Gasteiger partial charge in [0.2, 0.25) is 0 Å². The van der Waals surface area contributed by atoms with Gasteiger partial charge < -0.3 is 0 Å². The van der Waals surface area contributed by atoms with Gasteiger partial charge in [0, 0.05) is 22.6 Å². The zero-order chi connectivity index (χ0) is 9.42. The van der Waals surface area contributed by atoms with Crippen molar-refractivity contribution in [3.63, 3.8) is 0 Å². The van der Waals surface area contributed by atoms with Crippen LogP contribution in [0, 0.1) is 10.1 Å². The number of nitrogens with zero attached hydrogens (tertiary/aromatic N) is 1. The molecule has 0 amide bonds. The van der Waals surface area contributed by atoms with Crippen LogP contribution in [0.1, 0.15) is 11.1 Å². The van der Waals surface area contributed by atoms with Crippen molar-refractivity contribution in [3.8, 4) is 0 Å². The van der Waals surface area contributed by atoms with E-state index in [0.717, 1.165) is 10.5 Å². The van der Waals surface area contributed by atoms with E-state index in [1.807, 2.05) is 0 Å². The Bertz CT molecular complexity index is 372. The number of hydrogen-bond donors (Lipinski definition) is 1. The van der Waals surface area contributed by atoms with Gasteiger partial charge >= 0.3 is 0 Å². The minimum absolute atomic E-state index is 0.0775. The number of halogens is 1. The number of nitrogens with one attached hydrogen (secondary N) is 1. The maximum atomic E-state index is 10.4. The van der Waals surface area contributed by atoms with Gasteiger partial charge in [0.1, 0.15) is 5.50 Å². The van der Waals surface area contributed by atoms with Crippen molar-refractivity contribution in [2.24, 2.45) is 0 Å². The monoisotopic (exact) mass is 216 g/mol. The summed E-state index contributed by atoms with van der Waals surface area (Å²) in [6.07, 6.45) is 0. The third kappa shape index (κ3) is 1.50. The fraction of sp³-hybridized carbons (Fsp3) is 0.143. The number of hydrogen-bond acceptors (Lipinski definition) is 4. The number of fused-ring (bicyclic) bond motifs is 1. The normalized spacial score (nSPS) is 19.9. The largest absolute Gasteiger partial charge is 0.269 e. The van der Waals surface area contributed by atoms with Crippen LogP contribution in [-0.4, -0.2) is 4.92 Å². The molecule has 1 aromatic rings. The van der Waals surface area contributed by atoms with E-state index in [-0.39, 0.29) is 11.2 Å². The molecule has 0 radical (unpaired) electrons. The van der Waals surface area contributed by atoms with Crippen LogP contribution in [0.4, 0.5) is 5.69 Å². The van der Waals surface area contributed by atoms with Gasteiger partial charge in [-0.3, -0.25) is 10.1 Å². The predicted octanol–water partition coefficient (Wildman–Crippen LogP) is 2.44. The zero-order valence-corrected chi connectivity index (χ0v) is 7.93. The summed E-state index contributed by atoms with van der Waals surface area (Å²) < 4.78 is 2.91. The molecule has 2 rings (SSSR count). The maximum Gasteiger partial charge on any atom is 0.269 e. The van der Waals surface area contributed by atoms with Gasteiger partial charge in [-0.1, -0.05) is 11.6 Å². The lowest BCUT2D eigenvalue weighted by molar-refractivity contribution is -0.385. The molecule has 4 nitrogen and oxygen atoms in total. The Morgan fingerprint density at radius 2 is 2.38 bits per heavy atom. The van der Waals surface area contributed by atoms with E-state index in [1.165, 1.54) is 24.1 Å². The van der Waals surface area contributed by atoms with Crippen LogP contribution in [0.15, 0.2) is 23.1 Å². The van der Waals surface area contributed by atoms with E-state index < -0.39 is 4.92 Å². The van der Waals surface area contributed by atoms with E-state index in [2.05, 4.69) is 4.72 Å². The van der Waals surface area contributed by atoms with Gasteiger partial charge in [-0.25, -0.2) is 4.72 Å². The molecule has 1 aromatic carbocycles. The summed E-state index contributed by atoms with van der Waals surface area (Å²) in [5.74, 6) is 0. The molecule has 13 heavy (non-hydrogen) atoms. The summed E-state index contributed by atoms with van der Waals surface area (Å²) in [5, 5.41) is 10.4. The SMILES string of the molecule is O=[N+]([O-])c1ccc2c(c1)C(Cl)NS2. The lowest BCUT2D eigenvalue weighted by Gasteiger charge is -1.99. The van der Waals surface area contributed by atoms with Crippen molar-refractivity contribution in [1.29, 1.82) is 0 Å². The van der Waals surface area contributed by atoms with Crippen molar-refractivity contribution in [3.05, 3.63) is 33.9 Å². The first-order chi connectivity index (χ1) is 6.18. The molecule has 0 saturated carbocycles. The molecule has 1 N–H and O–H groups in total. The first-order valence-corrected chi connectivity index (χ1v) is 4.78. The quantitative estimate of drug-likeness (QED) is 0.258. The van der Waals surface area contributed by atoms with Crippen molar-refractivity contribution in [2.75, 3.05) is 0 Å². The summed E-state index contributed by atoms with van der Waals surface area (Å²) >= 11 is 7.26. The van der Waals surface area contributed by atoms with Crippen molar-refractivity contribution < 1.29 is 4.92 Å². The number of non-ortho nitro benzene ring substituents is 1. The molecule has 1 unspecified atom stereocenters. The van der Waals surface area contributed by atoms with Gasteiger partial charge in [-0.15, -0.1) is 0 Å². The van der Waals surface area contributed by atoms with Crippen LogP contribution >= 0.6 is 23.5 Å².